The maximum atomic E-state index is 12.1. The second kappa shape index (κ2) is 5.07. The molecule has 0 aliphatic carbocycles. The van der Waals surface area contributed by atoms with Crippen molar-refractivity contribution in [1.82, 2.24) is 4.98 Å². The van der Waals surface area contributed by atoms with Crippen molar-refractivity contribution in [3.05, 3.63) is 23.9 Å². The summed E-state index contributed by atoms with van der Waals surface area (Å²) in [6, 6.07) is 3.48. The number of aromatic nitrogens is 1. The number of nitrogens with zero attached hydrogens (tertiary/aromatic N) is 1. The number of carbonyl (C=O) groups excluding carboxylic acids is 1. The minimum absolute atomic E-state index is 0.0870. The normalized spacial score (nSPS) is 17.1. The molecule has 1 aliphatic rings. The van der Waals surface area contributed by atoms with E-state index in [2.05, 4.69) is 4.98 Å². The summed E-state index contributed by atoms with van der Waals surface area (Å²) in [6.45, 7) is 1.36. The van der Waals surface area contributed by atoms with Crippen LogP contribution in [-0.4, -0.2) is 31.1 Å². The van der Waals surface area contributed by atoms with Gasteiger partial charge in [-0.1, -0.05) is 0 Å². The van der Waals surface area contributed by atoms with Crippen LogP contribution in [0.2, 0.25) is 0 Å². The fraction of sp³-hybridized carbons (Fsp3) is 0.500. The Morgan fingerprint density at radius 2 is 2.19 bits per heavy atom. The molecule has 0 amide bonds. The molecule has 0 bridgehead atoms. The van der Waals surface area contributed by atoms with Crippen molar-refractivity contribution in [2.24, 2.45) is 5.92 Å². The van der Waals surface area contributed by atoms with Gasteiger partial charge in [0.1, 0.15) is 0 Å². The van der Waals surface area contributed by atoms with Crippen LogP contribution in [0.5, 0.6) is 5.88 Å². The number of ether oxygens (including phenoxy) is 2. The van der Waals surface area contributed by atoms with Crippen molar-refractivity contribution in [3.8, 4) is 5.88 Å². The Bertz CT molecular complexity index is 355. The molecule has 0 N–H and O–H groups in total. The molecule has 2 rings (SSSR count). The van der Waals surface area contributed by atoms with Crippen molar-refractivity contribution >= 4 is 5.78 Å². The molecular formula is C12H15NO3. The number of carbonyl (C=O) groups is 1. The van der Waals surface area contributed by atoms with Gasteiger partial charge < -0.3 is 9.47 Å². The van der Waals surface area contributed by atoms with Crippen molar-refractivity contribution < 1.29 is 14.3 Å². The Hall–Kier alpha value is -1.42. The molecule has 1 aromatic rings. The van der Waals surface area contributed by atoms with Crippen molar-refractivity contribution in [2.45, 2.75) is 12.8 Å². The number of methoxy groups -OCH3 is 1. The van der Waals surface area contributed by atoms with E-state index in [4.69, 9.17) is 9.47 Å². The van der Waals surface area contributed by atoms with E-state index in [-0.39, 0.29) is 11.7 Å². The number of ketones is 1. The summed E-state index contributed by atoms with van der Waals surface area (Å²) in [6.07, 6.45) is 3.20. The Morgan fingerprint density at radius 1 is 1.44 bits per heavy atom. The first kappa shape index (κ1) is 11.1. The third kappa shape index (κ3) is 2.39. The summed E-state index contributed by atoms with van der Waals surface area (Å²) >= 11 is 0. The lowest BCUT2D eigenvalue weighted by molar-refractivity contribution is 0.0544. The van der Waals surface area contributed by atoms with E-state index in [0.29, 0.717) is 24.7 Å². The summed E-state index contributed by atoms with van der Waals surface area (Å²) in [4.78, 5) is 16.1. The van der Waals surface area contributed by atoms with E-state index >= 15 is 0 Å². The summed E-state index contributed by atoms with van der Waals surface area (Å²) < 4.78 is 10.2. The number of pyridine rings is 1. The molecule has 1 aromatic heterocycles. The minimum Gasteiger partial charge on any atom is -0.481 e. The molecule has 1 fully saturated rings. The van der Waals surface area contributed by atoms with E-state index in [9.17, 15) is 4.79 Å². The van der Waals surface area contributed by atoms with E-state index in [1.807, 2.05) is 0 Å². The molecule has 0 spiro atoms. The molecule has 16 heavy (non-hydrogen) atoms. The number of rotatable bonds is 3. The van der Waals surface area contributed by atoms with Gasteiger partial charge in [0.05, 0.1) is 7.11 Å². The second-order valence-corrected chi connectivity index (χ2v) is 3.84. The highest BCUT2D eigenvalue weighted by atomic mass is 16.5. The molecule has 0 radical (unpaired) electrons. The van der Waals surface area contributed by atoms with Gasteiger partial charge in [-0.3, -0.25) is 4.79 Å². The molecule has 0 aromatic carbocycles. The summed E-state index contributed by atoms with van der Waals surface area (Å²) in [5, 5.41) is 0. The fourth-order valence-corrected chi connectivity index (χ4v) is 1.84. The second-order valence-electron chi connectivity index (χ2n) is 3.84. The molecule has 4 heteroatoms. The van der Waals surface area contributed by atoms with Crippen LogP contribution < -0.4 is 4.74 Å². The van der Waals surface area contributed by atoms with Gasteiger partial charge in [-0.25, -0.2) is 4.98 Å². The van der Waals surface area contributed by atoms with Crippen LogP contribution in [0.25, 0.3) is 0 Å². The van der Waals surface area contributed by atoms with E-state index in [1.165, 1.54) is 0 Å². The highest BCUT2D eigenvalue weighted by Gasteiger charge is 2.22. The van der Waals surface area contributed by atoms with Crippen molar-refractivity contribution in [2.75, 3.05) is 20.3 Å². The number of hydrogen-bond acceptors (Lipinski definition) is 4. The molecule has 1 saturated heterocycles. The lowest BCUT2D eigenvalue weighted by Gasteiger charge is -2.20. The van der Waals surface area contributed by atoms with Gasteiger partial charge in [0.15, 0.2) is 5.78 Å². The Labute approximate surface area is 94.6 Å². The topological polar surface area (TPSA) is 48.4 Å². The zero-order chi connectivity index (χ0) is 11.4. The van der Waals surface area contributed by atoms with E-state index in [1.54, 1.807) is 25.4 Å². The molecule has 0 saturated carbocycles. The molecule has 1 aliphatic heterocycles. The Morgan fingerprint density at radius 3 is 2.75 bits per heavy atom. The first-order valence-electron chi connectivity index (χ1n) is 5.43. The van der Waals surface area contributed by atoms with Gasteiger partial charge in [-0.2, -0.15) is 0 Å². The van der Waals surface area contributed by atoms with Gasteiger partial charge >= 0.3 is 0 Å². The van der Waals surface area contributed by atoms with Crippen molar-refractivity contribution in [3.63, 3.8) is 0 Å². The fourth-order valence-electron chi connectivity index (χ4n) is 1.84. The zero-order valence-corrected chi connectivity index (χ0v) is 9.31. The Balaban J connectivity index is 2.07. The molecule has 0 unspecified atom stereocenters. The van der Waals surface area contributed by atoms with Crippen LogP contribution in [0.15, 0.2) is 18.3 Å². The minimum atomic E-state index is 0.0870. The van der Waals surface area contributed by atoms with E-state index in [0.717, 1.165) is 12.8 Å². The van der Waals surface area contributed by atoms with Gasteiger partial charge in [-0.15, -0.1) is 0 Å². The van der Waals surface area contributed by atoms with Gasteiger partial charge in [0, 0.05) is 37.0 Å². The highest BCUT2D eigenvalue weighted by Crippen LogP contribution is 2.20. The third-order valence-corrected chi connectivity index (χ3v) is 2.82. The van der Waals surface area contributed by atoms with Crippen molar-refractivity contribution in [1.29, 1.82) is 0 Å². The first-order valence-corrected chi connectivity index (χ1v) is 5.43. The van der Waals surface area contributed by atoms with Crippen LogP contribution in [0.1, 0.15) is 23.2 Å². The summed E-state index contributed by atoms with van der Waals surface area (Å²) in [5.74, 6) is 0.783. The van der Waals surface area contributed by atoms with Crippen LogP contribution in [0, 0.1) is 5.92 Å². The molecule has 4 nitrogen and oxygen atoms in total. The average molecular weight is 221 g/mol. The van der Waals surface area contributed by atoms with Gasteiger partial charge in [-0.05, 0) is 18.9 Å². The number of hydrogen-bond donors (Lipinski definition) is 0. The predicted molar refractivity (Wildman–Crippen MR) is 58.7 cm³/mol. The Kier molecular flexibility index (Phi) is 3.51. The molecule has 86 valence electrons. The maximum absolute atomic E-state index is 12.1. The van der Waals surface area contributed by atoms with Crippen LogP contribution in [-0.2, 0) is 4.74 Å². The van der Waals surface area contributed by atoms with Gasteiger partial charge in [0.25, 0.3) is 0 Å². The maximum Gasteiger partial charge on any atom is 0.212 e. The van der Waals surface area contributed by atoms with E-state index < -0.39 is 0 Å². The van der Waals surface area contributed by atoms with Gasteiger partial charge in [0.2, 0.25) is 5.88 Å². The zero-order valence-electron chi connectivity index (χ0n) is 9.31. The monoisotopic (exact) mass is 221 g/mol. The number of Topliss-reactive ketones (excluding diaryl/α,β-unsaturated/α-hetero) is 1. The third-order valence-electron chi connectivity index (χ3n) is 2.82. The molecule has 2 heterocycles. The SMILES string of the molecule is COc1ccc(C(=O)C2CCOCC2)cn1. The quantitative estimate of drug-likeness (QED) is 0.729. The predicted octanol–water partition coefficient (Wildman–Crippen LogP) is 1.70. The first-order chi connectivity index (χ1) is 7.81. The molecular weight excluding hydrogens is 206 g/mol. The standard InChI is InChI=1S/C12H15NO3/c1-15-11-3-2-10(8-13-11)12(14)9-4-6-16-7-5-9/h2-3,8-9H,4-7H2,1H3. The van der Waals surface area contributed by atoms with Crippen LogP contribution >= 0.6 is 0 Å². The largest absolute Gasteiger partial charge is 0.481 e. The molecule has 0 atom stereocenters. The highest BCUT2D eigenvalue weighted by molar-refractivity contribution is 5.97. The summed E-state index contributed by atoms with van der Waals surface area (Å²) in [5.41, 5.74) is 0.660. The lowest BCUT2D eigenvalue weighted by Crippen LogP contribution is -2.23. The average Bonchev–Trinajstić information content (AvgIpc) is 2.39. The summed E-state index contributed by atoms with van der Waals surface area (Å²) in [7, 11) is 1.56. The lowest BCUT2D eigenvalue weighted by atomic mass is 9.92. The smallest absolute Gasteiger partial charge is 0.212 e. The van der Waals surface area contributed by atoms with Crippen LogP contribution in [0.4, 0.5) is 0 Å². The van der Waals surface area contributed by atoms with Crippen LogP contribution in [0.3, 0.4) is 0 Å².